The van der Waals surface area contributed by atoms with Crippen molar-refractivity contribution in [3.05, 3.63) is 21.9 Å². The van der Waals surface area contributed by atoms with Gasteiger partial charge in [0.15, 0.2) is 0 Å². The predicted octanol–water partition coefficient (Wildman–Crippen LogP) is 1.94. The molecule has 0 aliphatic carbocycles. The third-order valence-corrected chi connectivity index (χ3v) is 2.83. The molecule has 0 radical (unpaired) electrons. The van der Waals surface area contributed by atoms with Crippen LogP contribution < -0.4 is 5.73 Å². The van der Waals surface area contributed by atoms with Gasteiger partial charge in [0.1, 0.15) is 6.04 Å². The minimum absolute atomic E-state index is 0.222. The SMILES string of the molecule is C#CC(N)c1ccc(CC)s1. The standard InChI is InChI=1S/C9H11NS/c1-3-7-5-6-9(11-7)8(10)4-2/h2,5-6,8H,3,10H2,1H3. The number of thiophene rings is 1. The smallest absolute Gasteiger partial charge is 0.101 e. The summed E-state index contributed by atoms with van der Waals surface area (Å²) in [5.41, 5.74) is 5.64. The van der Waals surface area contributed by atoms with Crippen molar-refractivity contribution in [1.29, 1.82) is 0 Å². The molecule has 1 heterocycles. The number of rotatable bonds is 2. The number of terminal acetylenes is 1. The van der Waals surface area contributed by atoms with Gasteiger partial charge in [0, 0.05) is 9.75 Å². The molecule has 0 aliphatic heterocycles. The van der Waals surface area contributed by atoms with Gasteiger partial charge >= 0.3 is 0 Å². The summed E-state index contributed by atoms with van der Waals surface area (Å²) in [7, 11) is 0. The summed E-state index contributed by atoms with van der Waals surface area (Å²) in [4.78, 5) is 2.43. The van der Waals surface area contributed by atoms with Gasteiger partial charge in [-0.05, 0) is 18.6 Å². The molecule has 1 rings (SSSR count). The predicted molar refractivity (Wildman–Crippen MR) is 49.5 cm³/mol. The molecule has 0 aromatic carbocycles. The molecule has 2 heteroatoms. The van der Waals surface area contributed by atoms with Crippen LogP contribution in [0.4, 0.5) is 0 Å². The third-order valence-electron chi connectivity index (χ3n) is 1.52. The summed E-state index contributed by atoms with van der Waals surface area (Å²) in [6.45, 7) is 2.12. The lowest BCUT2D eigenvalue weighted by molar-refractivity contribution is 0.974. The van der Waals surface area contributed by atoms with Crippen molar-refractivity contribution in [1.82, 2.24) is 0 Å². The Morgan fingerprint density at radius 2 is 2.45 bits per heavy atom. The molecule has 11 heavy (non-hydrogen) atoms. The summed E-state index contributed by atoms with van der Waals surface area (Å²) >= 11 is 1.70. The zero-order chi connectivity index (χ0) is 8.27. The lowest BCUT2D eigenvalue weighted by Crippen LogP contribution is -2.04. The lowest BCUT2D eigenvalue weighted by Gasteiger charge is -1.97. The minimum atomic E-state index is -0.222. The molecule has 1 unspecified atom stereocenters. The number of hydrogen-bond acceptors (Lipinski definition) is 2. The molecule has 0 bridgehead atoms. The van der Waals surface area contributed by atoms with Crippen LogP contribution in [-0.4, -0.2) is 0 Å². The zero-order valence-electron chi connectivity index (χ0n) is 6.50. The Morgan fingerprint density at radius 3 is 2.91 bits per heavy atom. The maximum atomic E-state index is 5.64. The Morgan fingerprint density at radius 1 is 1.73 bits per heavy atom. The van der Waals surface area contributed by atoms with Gasteiger partial charge in [-0.3, -0.25) is 0 Å². The average Bonchev–Trinajstić information content (AvgIpc) is 2.50. The van der Waals surface area contributed by atoms with Crippen LogP contribution >= 0.6 is 11.3 Å². The maximum absolute atomic E-state index is 5.64. The van der Waals surface area contributed by atoms with Crippen molar-refractivity contribution >= 4 is 11.3 Å². The molecule has 1 atom stereocenters. The van der Waals surface area contributed by atoms with Crippen molar-refractivity contribution in [2.24, 2.45) is 5.73 Å². The molecule has 58 valence electrons. The minimum Gasteiger partial charge on any atom is -0.313 e. The van der Waals surface area contributed by atoms with E-state index in [0.29, 0.717) is 0 Å². The van der Waals surface area contributed by atoms with Crippen LogP contribution in [0.1, 0.15) is 22.7 Å². The summed E-state index contributed by atoms with van der Waals surface area (Å²) in [5, 5.41) is 0. The molecule has 1 aromatic rings. The third kappa shape index (κ3) is 1.83. The Bertz CT molecular complexity index is 269. The van der Waals surface area contributed by atoms with E-state index < -0.39 is 0 Å². The topological polar surface area (TPSA) is 26.0 Å². The van der Waals surface area contributed by atoms with E-state index in [4.69, 9.17) is 12.2 Å². The highest BCUT2D eigenvalue weighted by Crippen LogP contribution is 2.21. The van der Waals surface area contributed by atoms with Crippen LogP contribution in [-0.2, 0) is 6.42 Å². The second-order valence-electron chi connectivity index (χ2n) is 2.30. The van der Waals surface area contributed by atoms with Gasteiger partial charge in [-0.2, -0.15) is 0 Å². The lowest BCUT2D eigenvalue weighted by atomic mass is 10.2. The molecule has 0 aliphatic rings. The van der Waals surface area contributed by atoms with Crippen LogP contribution in [0.5, 0.6) is 0 Å². The molecule has 0 amide bonds. The highest BCUT2D eigenvalue weighted by Gasteiger charge is 2.03. The van der Waals surface area contributed by atoms with Crippen LogP contribution in [0, 0.1) is 12.3 Å². The second kappa shape index (κ2) is 3.56. The Hall–Kier alpha value is -0.780. The Balaban J connectivity index is 2.82. The van der Waals surface area contributed by atoms with E-state index in [-0.39, 0.29) is 6.04 Å². The fraction of sp³-hybridized carbons (Fsp3) is 0.333. The first-order valence-corrected chi connectivity index (χ1v) is 4.40. The zero-order valence-corrected chi connectivity index (χ0v) is 7.32. The normalized spacial score (nSPS) is 12.5. The quantitative estimate of drug-likeness (QED) is 0.666. The Kier molecular flexibility index (Phi) is 2.70. The molecule has 0 saturated heterocycles. The van der Waals surface area contributed by atoms with Gasteiger partial charge in [0.05, 0.1) is 0 Å². The number of nitrogens with two attached hydrogens (primary N) is 1. The van der Waals surface area contributed by atoms with Crippen molar-refractivity contribution in [3.8, 4) is 12.3 Å². The summed E-state index contributed by atoms with van der Waals surface area (Å²) < 4.78 is 0. The highest BCUT2D eigenvalue weighted by molar-refractivity contribution is 7.12. The highest BCUT2D eigenvalue weighted by atomic mass is 32.1. The van der Waals surface area contributed by atoms with Crippen molar-refractivity contribution < 1.29 is 0 Å². The van der Waals surface area contributed by atoms with Gasteiger partial charge in [-0.15, -0.1) is 17.8 Å². The second-order valence-corrected chi connectivity index (χ2v) is 3.50. The van der Waals surface area contributed by atoms with E-state index in [9.17, 15) is 0 Å². The molecule has 0 spiro atoms. The van der Waals surface area contributed by atoms with Crippen LogP contribution in [0.15, 0.2) is 12.1 Å². The Labute approximate surface area is 71.2 Å². The van der Waals surface area contributed by atoms with Crippen LogP contribution in [0.3, 0.4) is 0 Å². The largest absolute Gasteiger partial charge is 0.313 e. The first kappa shape index (κ1) is 8.32. The van der Waals surface area contributed by atoms with E-state index in [1.807, 2.05) is 6.07 Å². The number of aryl methyl sites for hydroxylation is 1. The van der Waals surface area contributed by atoms with E-state index in [1.54, 1.807) is 11.3 Å². The molecule has 0 fully saturated rings. The summed E-state index contributed by atoms with van der Waals surface area (Å²) in [5.74, 6) is 2.51. The molecule has 2 N–H and O–H groups in total. The van der Waals surface area contributed by atoms with Crippen LogP contribution in [0.2, 0.25) is 0 Å². The van der Waals surface area contributed by atoms with Crippen LogP contribution in [0.25, 0.3) is 0 Å². The first-order chi connectivity index (χ1) is 5.27. The maximum Gasteiger partial charge on any atom is 0.101 e. The molecule has 1 nitrogen and oxygen atoms in total. The van der Waals surface area contributed by atoms with Gasteiger partial charge in [-0.25, -0.2) is 0 Å². The number of hydrogen-bond donors (Lipinski definition) is 1. The fourth-order valence-corrected chi connectivity index (χ4v) is 1.75. The van der Waals surface area contributed by atoms with Gasteiger partial charge in [-0.1, -0.05) is 12.8 Å². The molecular weight excluding hydrogens is 154 g/mol. The average molecular weight is 165 g/mol. The first-order valence-electron chi connectivity index (χ1n) is 3.58. The van der Waals surface area contributed by atoms with Gasteiger partial charge < -0.3 is 5.73 Å². The molecule has 1 aromatic heterocycles. The fourth-order valence-electron chi connectivity index (χ4n) is 0.834. The van der Waals surface area contributed by atoms with E-state index >= 15 is 0 Å². The monoisotopic (exact) mass is 165 g/mol. The van der Waals surface area contributed by atoms with E-state index in [0.717, 1.165) is 11.3 Å². The molecule has 0 saturated carbocycles. The van der Waals surface area contributed by atoms with Crippen molar-refractivity contribution in [3.63, 3.8) is 0 Å². The van der Waals surface area contributed by atoms with E-state index in [1.165, 1.54) is 4.88 Å². The van der Waals surface area contributed by atoms with Gasteiger partial charge in [0.2, 0.25) is 0 Å². The van der Waals surface area contributed by atoms with Crippen molar-refractivity contribution in [2.75, 3.05) is 0 Å². The van der Waals surface area contributed by atoms with E-state index in [2.05, 4.69) is 18.9 Å². The van der Waals surface area contributed by atoms with Gasteiger partial charge in [0.25, 0.3) is 0 Å². The van der Waals surface area contributed by atoms with Crippen molar-refractivity contribution in [2.45, 2.75) is 19.4 Å². The summed E-state index contributed by atoms with van der Waals surface area (Å²) in [6, 6.07) is 3.87. The molecular formula is C9H11NS. The summed E-state index contributed by atoms with van der Waals surface area (Å²) in [6.07, 6.45) is 6.24.